The molecular weight excluding hydrogens is 1250 g/mol. The molecule has 492 valence electrons. The van der Waals surface area contributed by atoms with Crippen molar-refractivity contribution in [3.63, 3.8) is 0 Å². The van der Waals surface area contributed by atoms with E-state index in [1.807, 2.05) is 0 Å². The van der Waals surface area contributed by atoms with E-state index in [2.05, 4.69) is 65.6 Å². The van der Waals surface area contributed by atoms with E-state index in [1.54, 1.807) is 91.0 Å². The van der Waals surface area contributed by atoms with E-state index in [0.717, 1.165) is 18.2 Å². The lowest BCUT2D eigenvalue weighted by Gasteiger charge is -2.04. The molecule has 4 aromatic carbocycles. The van der Waals surface area contributed by atoms with Gasteiger partial charge in [-0.15, -0.1) is 0 Å². The Morgan fingerprint density at radius 3 is 0.823 bits per heavy atom. The third-order valence-corrected chi connectivity index (χ3v) is 13.7. The highest BCUT2D eigenvalue weighted by Crippen LogP contribution is 2.35. The van der Waals surface area contributed by atoms with Crippen LogP contribution in [0.2, 0.25) is 0 Å². The topological polar surface area (TPSA) is 391 Å². The van der Waals surface area contributed by atoms with Gasteiger partial charge < -0.3 is 55.6 Å². The van der Waals surface area contributed by atoms with Crippen molar-refractivity contribution in [3.8, 4) is 103 Å². The molecule has 6 heterocycles. The summed E-state index contributed by atoms with van der Waals surface area (Å²) in [5.41, 5.74) is 4.67. The second kappa shape index (κ2) is 33.4. The highest BCUT2D eigenvalue weighted by atomic mass is 16.6. The van der Waals surface area contributed by atoms with Gasteiger partial charge in [0.2, 0.25) is 52.6 Å². The van der Waals surface area contributed by atoms with Crippen molar-refractivity contribution < 1.29 is 84.3 Å². The molecule has 10 rings (SSSR count). The highest BCUT2D eigenvalue weighted by molar-refractivity contribution is 5.82. The molecule has 0 fully saturated rings. The lowest BCUT2D eigenvalue weighted by molar-refractivity contribution is -0.146. The Morgan fingerprint density at radius 1 is 0.312 bits per heavy atom. The zero-order valence-corrected chi connectivity index (χ0v) is 51.5. The summed E-state index contributed by atoms with van der Waals surface area (Å²) < 4.78 is 64.6. The maximum atomic E-state index is 12.3. The SMILES string of the molecule is C=CC(=O)OCCCOC(=O)CCCc1nc(-c2cccc(-c3noc(-c4cc(-c5nc(-c6cccc(-c7noc(CCCC(=O)OCCCOC(=O)C=C)n7)c6)no5)cc(-c5nc(-c6cccc(-c7noc(CCCC(=O)OCCCOC(=O)C=C)n7)c6)no5)c4)n3)c2)no1. The molecule has 96 heavy (non-hydrogen) atoms. The maximum absolute atomic E-state index is 12.3. The van der Waals surface area contributed by atoms with Gasteiger partial charge in [-0.25, -0.2) is 14.4 Å². The first-order valence-electron chi connectivity index (χ1n) is 30.2. The van der Waals surface area contributed by atoms with E-state index in [0.29, 0.717) is 143 Å². The first-order valence-corrected chi connectivity index (χ1v) is 30.2. The summed E-state index contributed by atoms with van der Waals surface area (Å²) in [6.07, 6.45) is 6.70. The zero-order chi connectivity index (χ0) is 67.0. The molecule has 6 aromatic heterocycles. The molecule has 0 aliphatic heterocycles. The number of hydrogen-bond acceptors (Lipinski definition) is 30. The van der Waals surface area contributed by atoms with Crippen molar-refractivity contribution in [1.29, 1.82) is 0 Å². The molecule has 0 amide bonds. The first kappa shape index (κ1) is 66.7. The van der Waals surface area contributed by atoms with Crippen LogP contribution >= 0.6 is 0 Å². The fraction of sp³-hybridized carbons (Fsp3) is 0.273. The molecule has 0 saturated heterocycles. The highest BCUT2D eigenvalue weighted by Gasteiger charge is 2.23. The number of aromatic nitrogens is 12. The molecule has 0 unspecified atom stereocenters. The minimum Gasteiger partial charge on any atom is -0.466 e. The van der Waals surface area contributed by atoms with Gasteiger partial charge in [-0.05, 0) is 55.7 Å². The molecule has 0 radical (unpaired) electrons. The number of benzene rings is 4. The maximum Gasteiger partial charge on any atom is 0.330 e. The van der Waals surface area contributed by atoms with Crippen LogP contribution in [0, 0.1) is 0 Å². The van der Waals surface area contributed by atoms with E-state index >= 15 is 0 Å². The molecule has 0 bridgehead atoms. The summed E-state index contributed by atoms with van der Waals surface area (Å²) in [7, 11) is 0. The fourth-order valence-electron chi connectivity index (χ4n) is 8.98. The van der Waals surface area contributed by atoms with Crippen LogP contribution in [0.25, 0.3) is 103 Å². The first-order chi connectivity index (χ1) is 46.9. The van der Waals surface area contributed by atoms with Crippen molar-refractivity contribution in [2.24, 2.45) is 0 Å². The van der Waals surface area contributed by atoms with E-state index < -0.39 is 35.8 Å². The number of rotatable bonds is 36. The van der Waals surface area contributed by atoms with Crippen molar-refractivity contribution in [3.05, 3.63) is 147 Å². The van der Waals surface area contributed by atoms with Crippen LogP contribution in [-0.4, -0.2) is 136 Å². The molecular formula is C66H60N12O18. The van der Waals surface area contributed by atoms with Gasteiger partial charge in [0.15, 0.2) is 0 Å². The Hall–Kier alpha value is -12.2. The molecule has 30 nitrogen and oxygen atoms in total. The number of hydrogen-bond donors (Lipinski definition) is 0. The third kappa shape index (κ3) is 18.9. The second-order valence-electron chi connectivity index (χ2n) is 20.7. The second-order valence-corrected chi connectivity index (χ2v) is 20.7. The van der Waals surface area contributed by atoms with Crippen LogP contribution < -0.4 is 0 Å². The number of nitrogens with zero attached hydrogens (tertiary/aromatic N) is 12. The number of carbonyl (C=O) groups excluding carboxylic acids is 6. The summed E-state index contributed by atoms with van der Waals surface area (Å²) in [4.78, 5) is 98.4. The molecule has 0 N–H and O–H groups in total. The average molecular weight is 1310 g/mol. The molecule has 0 atom stereocenters. The van der Waals surface area contributed by atoms with E-state index in [9.17, 15) is 28.8 Å². The van der Waals surface area contributed by atoms with Gasteiger partial charge in [0, 0.05) is 126 Å². The van der Waals surface area contributed by atoms with Gasteiger partial charge in [0.25, 0.3) is 17.7 Å². The summed E-state index contributed by atoms with van der Waals surface area (Å²) in [6, 6.07) is 26.6. The Balaban J connectivity index is 0.837. The largest absolute Gasteiger partial charge is 0.466 e. The van der Waals surface area contributed by atoms with Crippen molar-refractivity contribution in [2.75, 3.05) is 39.6 Å². The van der Waals surface area contributed by atoms with Crippen molar-refractivity contribution in [1.82, 2.24) is 60.8 Å². The normalized spacial score (nSPS) is 11.0. The van der Waals surface area contributed by atoms with Gasteiger partial charge in [0.05, 0.1) is 39.6 Å². The van der Waals surface area contributed by atoms with Gasteiger partial charge in [0.1, 0.15) is 0 Å². The molecule has 30 heteroatoms. The molecule has 0 aliphatic carbocycles. The van der Waals surface area contributed by atoms with Crippen molar-refractivity contribution in [2.45, 2.75) is 77.0 Å². The zero-order valence-electron chi connectivity index (χ0n) is 51.5. The van der Waals surface area contributed by atoms with Gasteiger partial charge >= 0.3 is 35.8 Å². The van der Waals surface area contributed by atoms with Gasteiger partial charge in [-0.2, -0.15) is 29.9 Å². The summed E-state index contributed by atoms with van der Waals surface area (Å²) in [5.74, 6) is -0.105. The Morgan fingerprint density at radius 2 is 0.552 bits per heavy atom. The monoisotopic (exact) mass is 1310 g/mol. The quantitative estimate of drug-likeness (QED) is 0.0152. The summed E-state index contributed by atoms with van der Waals surface area (Å²) >= 11 is 0. The van der Waals surface area contributed by atoms with Crippen LogP contribution in [0.15, 0.2) is 156 Å². The average Bonchev–Trinajstić information content (AvgIpc) is 1.68. The minimum absolute atomic E-state index is 0.0927. The predicted octanol–water partition coefficient (Wildman–Crippen LogP) is 9.94. The Bertz CT molecular complexity index is 3920. The fourth-order valence-corrected chi connectivity index (χ4v) is 8.98. The molecule has 0 spiro atoms. The Kier molecular flexibility index (Phi) is 23.2. The van der Waals surface area contributed by atoms with Crippen molar-refractivity contribution >= 4 is 35.8 Å². The lowest BCUT2D eigenvalue weighted by atomic mass is 10.0. The molecule has 0 saturated carbocycles. The number of ether oxygens (including phenoxy) is 6. The minimum atomic E-state index is -0.548. The lowest BCUT2D eigenvalue weighted by Crippen LogP contribution is -2.09. The van der Waals surface area contributed by atoms with Gasteiger partial charge in [-0.1, -0.05) is 105 Å². The van der Waals surface area contributed by atoms with E-state index in [4.69, 9.17) is 70.5 Å². The number of carbonyl (C=O) groups is 6. The summed E-state index contributed by atoms with van der Waals surface area (Å²) in [5, 5.41) is 25.5. The molecule has 0 aliphatic rings. The van der Waals surface area contributed by atoms with E-state index in [1.165, 1.54) is 0 Å². The molecule has 10 aromatic rings. The number of aryl methyl sites for hydroxylation is 3. The van der Waals surface area contributed by atoms with Crippen LogP contribution in [0.3, 0.4) is 0 Å². The van der Waals surface area contributed by atoms with Crippen LogP contribution in [0.1, 0.15) is 75.5 Å². The standard InChI is InChI=1S/C66H60N12O18/c1-4-52(79)85-28-13-31-88-55(82)25-10-22-49-67-58(73-91-49)40-16-7-19-43(34-40)61-70-64(94-76-61)46-37-47(65-71-62(77-95-65)44-20-8-17-41(35-44)59-68-50(92-74-59)23-11-26-56(83)89-32-14-29-86-53(80)5-2)39-48(38-46)66-72-63(78-96-66)45-21-9-18-42(36-45)60-69-51(93-75-60)24-12-27-57(84)90-33-15-30-87-54(81)6-3/h4-9,16-21,34-39H,1-3,10-15,22-33H2. The smallest absolute Gasteiger partial charge is 0.330 e. The number of esters is 6. The third-order valence-electron chi connectivity index (χ3n) is 13.7. The van der Waals surface area contributed by atoms with E-state index in [-0.39, 0.29) is 94.0 Å². The van der Waals surface area contributed by atoms with Crippen LogP contribution in [-0.2, 0) is 76.5 Å². The summed E-state index contributed by atoms with van der Waals surface area (Å²) in [6.45, 7) is 10.6. The van der Waals surface area contributed by atoms with Gasteiger partial charge in [-0.3, -0.25) is 14.4 Å². The van der Waals surface area contributed by atoms with Crippen LogP contribution in [0.4, 0.5) is 0 Å². The van der Waals surface area contributed by atoms with Crippen LogP contribution in [0.5, 0.6) is 0 Å². The Labute approximate surface area is 545 Å². The predicted molar refractivity (Wildman–Crippen MR) is 332 cm³/mol.